The number of fused-ring (bicyclic) bond motifs is 1. The summed E-state index contributed by atoms with van der Waals surface area (Å²) in [5, 5.41) is 7.62. The van der Waals surface area contributed by atoms with Gasteiger partial charge in [0, 0.05) is 25.5 Å². The van der Waals surface area contributed by atoms with Gasteiger partial charge in [-0.1, -0.05) is 0 Å². The molecule has 0 amide bonds. The molecule has 1 aliphatic rings. The quantitative estimate of drug-likeness (QED) is 0.809. The van der Waals surface area contributed by atoms with Crippen molar-refractivity contribution in [3.63, 3.8) is 0 Å². The normalized spacial score (nSPS) is 19.7. The number of rotatable bonds is 2. The molecule has 1 N–H and O–H groups in total. The number of imidazole rings is 1. The van der Waals surface area contributed by atoms with Gasteiger partial charge < -0.3 is 9.88 Å². The van der Waals surface area contributed by atoms with E-state index in [1.165, 1.54) is 5.69 Å². The first-order valence-corrected chi connectivity index (χ1v) is 5.60. The highest BCUT2D eigenvalue weighted by molar-refractivity contribution is 5.11. The van der Waals surface area contributed by atoms with Crippen LogP contribution in [-0.2, 0) is 13.1 Å². The second-order valence-electron chi connectivity index (χ2n) is 4.14. The lowest BCUT2D eigenvalue weighted by Gasteiger charge is -2.23. The highest BCUT2D eigenvalue weighted by Crippen LogP contribution is 2.17. The van der Waals surface area contributed by atoms with Crippen LogP contribution in [0.3, 0.4) is 0 Å². The Bertz CT molecular complexity index is 471. The molecule has 0 fully saturated rings. The Kier molecular flexibility index (Phi) is 2.25. The topological polar surface area (TPSA) is 47.7 Å². The van der Waals surface area contributed by atoms with Crippen molar-refractivity contribution in [2.45, 2.75) is 26.1 Å². The molecule has 16 heavy (non-hydrogen) atoms. The average Bonchev–Trinajstić information content (AvgIpc) is 2.90. The molecule has 3 rings (SSSR count). The molecule has 0 saturated carbocycles. The van der Waals surface area contributed by atoms with Crippen molar-refractivity contribution in [1.82, 2.24) is 24.6 Å². The largest absolute Gasteiger partial charge is 0.328 e. The second-order valence-corrected chi connectivity index (χ2v) is 4.14. The van der Waals surface area contributed by atoms with E-state index in [1.807, 2.05) is 23.1 Å². The summed E-state index contributed by atoms with van der Waals surface area (Å²) < 4.78 is 4.22. The molecule has 0 spiro atoms. The maximum absolute atomic E-state index is 4.48. The van der Waals surface area contributed by atoms with Crippen molar-refractivity contribution in [1.29, 1.82) is 0 Å². The predicted octanol–water partition coefficient (Wildman–Crippen LogP) is 0.792. The molecule has 1 aliphatic heterocycles. The van der Waals surface area contributed by atoms with Crippen LogP contribution < -0.4 is 5.32 Å². The summed E-state index contributed by atoms with van der Waals surface area (Å²) >= 11 is 0. The minimum atomic E-state index is 0.347. The van der Waals surface area contributed by atoms with Crippen molar-refractivity contribution >= 4 is 0 Å². The van der Waals surface area contributed by atoms with Crippen molar-refractivity contribution in [3.05, 3.63) is 36.2 Å². The van der Waals surface area contributed by atoms with Gasteiger partial charge in [-0.15, -0.1) is 0 Å². The number of nitrogens with one attached hydrogen (secondary N) is 1. The van der Waals surface area contributed by atoms with Gasteiger partial charge in [0.25, 0.3) is 0 Å². The molecule has 0 radical (unpaired) electrons. The van der Waals surface area contributed by atoms with E-state index in [-0.39, 0.29) is 0 Å². The van der Waals surface area contributed by atoms with Gasteiger partial charge in [-0.05, 0) is 13.0 Å². The smallest absolute Gasteiger partial charge is 0.125 e. The molecule has 3 heterocycles. The molecular weight excluding hydrogens is 202 g/mol. The Morgan fingerprint density at radius 1 is 1.56 bits per heavy atom. The first-order chi connectivity index (χ1) is 7.84. The molecule has 0 bridgehead atoms. The third-order valence-electron chi connectivity index (χ3n) is 3.03. The van der Waals surface area contributed by atoms with Crippen LogP contribution in [0.2, 0.25) is 0 Å². The predicted molar refractivity (Wildman–Crippen MR) is 60.0 cm³/mol. The average molecular weight is 217 g/mol. The molecule has 0 saturated heterocycles. The molecular formula is C11H15N5. The lowest BCUT2D eigenvalue weighted by atomic mass is 10.2. The van der Waals surface area contributed by atoms with Crippen LogP contribution >= 0.6 is 0 Å². The fraction of sp³-hybridized carbons (Fsp3) is 0.455. The van der Waals surface area contributed by atoms with Crippen molar-refractivity contribution < 1.29 is 0 Å². The molecule has 1 atom stereocenters. The van der Waals surface area contributed by atoms with Crippen molar-refractivity contribution in [2.75, 3.05) is 6.54 Å². The Morgan fingerprint density at radius 3 is 3.31 bits per heavy atom. The van der Waals surface area contributed by atoms with E-state index in [9.17, 15) is 0 Å². The summed E-state index contributed by atoms with van der Waals surface area (Å²) in [4.78, 5) is 4.48. The third kappa shape index (κ3) is 1.53. The van der Waals surface area contributed by atoms with Gasteiger partial charge in [0.05, 0.1) is 24.5 Å². The van der Waals surface area contributed by atoms with Crippen LogP contribution in [0.5, 0.6) is 0 Å². The second kappa shape index (κ2) is 3.75. The molecule has 0 aromatic carbocycles. The monoisotopic (exact) mass is 217 g/mol. The molecule has 1 unspecified atom stereocenters. The first-order valence-electron chi connectivity index (χ1n) is 5.60. The van der Waals surface area contributed by atoms with Gasteiger partial charge in [-0.25, -0.2) is 4.98 Å². The van der Waals surface area contributed by atoms with Crippen LogP contribution in [-0.4, -0.2) is 25.9 Å². The maximum atomic E-state index is 4.48. The zero-order chi connectivity index (χ0) is 11.0. The maximum Gasteiger partial charge on any atom is 0.125 e. The van der Waals surface area contributed by atoms with Crippen LogP contribution in [0.25, 0.3) is 0 Å². The van der Waals surface area contributed by atoms with E-state index in [1.54, 1.807) is 6.20 Å². The zero-order valence-electron chi connectivity index (χ0n) is 9.30. The van der Waals surface area contributed by atoms with E-state index >= 15 is 0 Å². The molecule has 5 heteroatoms. The van der Waals surface area contributed by atoms with Gasteiger partial charge >= 0.3 is 0 Å². The van der Waals surface area contributed by atoms with Gasteiger partial charge in [-0.2, -0.15) is 5.10 Å². The molecule has 84 valence electrons. The zero-order valence-corrected chi connectivity index (χ0v) is 9.30. The standard InChI is InChI=1S/C11H15N5/c1-9-11-13-7-10(16(11)6-4-12-9)8-15-5-2-3-14-15/h2-3,5,7,9,12H,4,6,8H2,1H3. The lowest BCUT2D eigenvalue weighted by molar-refractivity contribution is 0.425. The summed E-state index contributed by atoms with van der Waals surface area (Å²) in [5.74, 6) is 1.13. The van der Waals surface area contributed by atoms with Crippen LogP contribution in [0.4, 0.5) is 0 Å². The summed E-state index contributed by atoms with van der Waals surface area (Å²) in [6, 6.07) is 2.29. The molecule has 5 nitrogen and oxygen atoms in total. The fourth-order valence-corrected chi connectivity index (χ4v) is 2.20. The highest BCUT2D eigenvalue weighted by atomic mass is 15.3. The third-order valence-corrected chi connectivity index (χ3v) is 3.03. The van der Waals surface area contributed by atoms with Gasteiger partial charge in [0.2, 0.25) is 0 Å². The SMILES string of the molecule is CC1NCCn2c(Cn3cccn3)cnc21. The van der Waals surface area contributed by atoms with Gasteiger partial charge in [-0.3, -0.25) is 4.68 Å². The van der Waals surface area contributed by atoms with Crippen molar-refractivity contribution in [2.24, 2.45) is 0 Å². The van der Waals surface area contributed by atoms with E-state index < -0.39 is 0 Å². The van der Waals surface area contributed by atoms with Gasteiger partial charge in [0.1, 0.15) is 5.82 Å². The molecule has 0 aliphatic carbocycles. The van der Waals surface area contributed by atoms with Crippen molar-refractivity contribution in [3.8, 4) is 0 Å². The summed E-state index contributed by atoms with van der Waals surface area (Å²) in [5.41, 5.74) is 1.23. The van der Waals surface area contributed by atoms with Gasteiger partial charge in [0.15, 0.2) is 0 Å². The summed E-state index contributed by atoms with van der Waals surface area (Å²) in [6.45, 7) is 4.95. The highest BCUT2D eigenvalue weighted by Gasteiger charge is 2.19. The van der Waals surface area contributed by atoms with E-state index in [2.05, 4.69) is 26.9 Å². The summed E-state index contributed by atoms with van der Waals surface area (Å²) in [7, 11) is 0. The Morgan fingerprint density at radius 2 is 2.50 bits per heavy atom. The lowest BCUT2D eigenvalue weighted by Crippen LogP contribution is -2.32. The number of hydrogen-bond acceptors (Lipinski definition) is 3. The molecule has 2 aromatic heterocycles. The Balaban J connectivity index is 1.91. The number of aromatic nitrogens is 4. The number of nitrogens with zero attached hydrogens (tertiary/aromatic N) is 4. The fourth-order valence-electron chi connectivity index (χ4n) is 2.20. The first kappa shape index (κ1) is 9.59. The van der Waals surface area contributed by atoms with E-state index in [0.717, 1.165) is 25.5 Å². The Hall–Kier alpha value is -1.62. The van der Waals surface area contributed by atoms with E-state index in [4.69, 9.17) is 0 Å². The summed E-state index contributed by atoms with van der Waals surface area (Å²) in [6.07, 6.45) is 5.74. The van der Waals surface area contributed by atoms with Crippen LogP contribution in [0, 0.1) is 0 Å². The van der Waals surface area contributed by atoms with Crippen LogP contribution in [0.1, 0.15) is 24.5 Å². The van der Waals surface area contributed by atoms with Crippen LogP contribution in [0.15, 0.2) is 24.7 Å². The minimum Gasteiger partial charge on any atom is -0.328 e. The minimum absolute atomic E-state index is 0.347. The number of hydrogen-bond donors (Lipinski definition) is 1. The Labute approximate surface area is 94.1 Å². The molecule has 2 aromatic rings. The van der Waals surface area contributed by atoms with E-state index in [0.29, 0.717) is 6.04 Å².